The maximum absolute atomic E-state index is 13.4. The Kier molecular flexibility index (Phi) is 4.40. The number of fused-ring (bicyclic) bond motifs is 1. The van der Waals surface area contributed by atoms with Crippen LogP contribution in [-0.4, -0.2) is 34.4 Å². The molecule has 2 aromatic rings. The van der Waals surface area contributed by atoms with Crippen molar-refractivity contribution in [3.63, 3.8) is 0 Å². The van der Waals surface area contributed by atoms with Gasteiger partial charge in [-0.3, -0.25) is 4.79 Å². The van der Waals surface area contributed by atoms with Crippen molar-refractivity contribution in [1.82, 2.24) is 15.1 Å². The number of rotatable bonds is 4. The first-order valence-corrected chi connectivity index (χ1v) is 9.13. The molecule has 4 rings (SSSR count). The molecule has 7 heteroatoms. The minimum atomic E-state index is -0.846. The fraction of sp³-hybridized carbons (Fsp3) is 0.474. The van der Waals surface area contributed by atoms with Crippen LogP contribution in [0.25, 0.3) is 0 Å². The van der Waals surface area contributed by atoms with Gasteiger partial charge in [0.2, 0.25) is 0 Å². The normalized spacial score (nSPS) is 25.2. The van der Waals surface area contributed by atoms with Gasteiger partial charge in [-0.15, -0.1) is 0 Å². The quantitative estimate of drug-likeness (QED) is 0.773. The summed E-state index contributed by atoms with van der Waals surface area (Å²) in [6.07, 6.45) is 2.25. The molecule has 0 unspecified atom stereocenters. The number of nitrogens with one attached hydrogen (secondary N) is 1. The van der Waals surface area contributed by atoms with Crippen molar-refractivity contribution in [2.45, 2.75) is 50.4 Å². The second-order valence-corrected chi connectivity index (χ2v) is 7.34. The third-order valence-electron chi connectivity index (χ3n) is 5.56. The molecule has 0 spiro atoms. The smallest absolute Gasteiger partial charge is 0.254 e. The van der Waals surface area contributed by atoms with Gasteiger partial charge in [-0.05, 0) is 36.8 Å². The minimum Gasteiger partial charge on any atom is -0.383 e. The van der Waals surface area contributed by atoms with Gasteiger partial charge in [-0.1, -0.05) is 24.3 Å². The lowest BCUT2D eigenvalue weighted by molar-refractivity contribution is 0.0999. The Morgan fingerprint density at radius 3 is 2.81 bits per heavy atom. The number of amides is 1. The van der Waals surface area contributed by atoms with E-state index in [4.69, 9.17) is 11.5 Å². The van der Waals surface area contributed by atoms with Crippen molar-refractivity contribution >= 4 is 11.7 Å². The second kappa shape index (κ2) is 6.72. The monoisotopic (exact) mass is 357 g/mol. The molecule has 1 saturated heterocycles. The fourth-order valence-corrected chi connectivity index (χ4v) is 4.22. The molecule has 5 N–H and O–H groups in total. The van der Waals surface area contributed by atoms with Crippen molar-refractivity contribution < 1.29 is 9.18 Å². The van der Waals surface area contributed by atoms with Crippen LogP contribution in [0.15, 0.2) is 24.3 Å². The highest BCUT2D eigenvalue weighted by Gasteiger charge is 2.31. The molecule has 138 valence electrons. The highest BCUT2D eigenvalue weighted by molar-refractivity contribution is 5.98. The lowest BCUT2D eigenvalue weighted by Crippen LogP contribution is -2.28. The van der Waals surface area contributed by atoms with Crippen LogP contribution in [0.4, 0.5) is 10.2 Å². The zero-order valence-electron chi connectivity index (χ0n) is 14.6. The van der Waals surface area contributed by atoms with Crippen LogP contribution < -0.4 is 16.8 Å². The first kappa shape index (κ1) is 17.0. The Hall–Kier alpha value is -2.41. The largest absolute Gasteiger partial charge is 0.383 e. The van der Waals surface area contributed by atoms with Gasteiger partial charge < -0.3 is 16.8 Å². The fourth-order valence-electron chi connectivity index (χ4n) is 4.22. The molecule has 0 radical (unpaired) electrons. The first-order valence-electron chi connectivity index (χ1n) is 9.13. The van der Waals surface area contributed by atoms with Gasteiger partial charge in [-0.2, -0.15) is 5.10 Å². The Bertz CT molecular complexity index is 833. The summed E-state index contributed by atoms with van der Waals surface area (Å²) in [7, 11) is 0. The molecule has 26 heavy (non-hydrogen) atoms. The van der Waals surface area contributed by atoms with Crippen LogP contribution in [0.2, 0.25) is 0 Å². The van der Waals surface area contributed by atoms with E-state index in [0.717, 1.165) is 19.3 Å². The van der Waals surface area contributed by atoms with Gasteiger partial charge in [-0.25, -0.2) is 9.07 Å². The third-order valence-corrected chi connectivity index (χ3v) is 5.56. The SMILES string of the molecule is NC(=O)c1c([C@@H]2CCc3ccccc3C2)nn(C[C@@H]2C[C@@H](F)CN2)c1N. The molecule has 1 fully saturated rings. The Balaban J connectivity index is 1.63. The number of carbonyl (C=O) groups excluding carboxylic acids is 1. The Morgan fingerprint density at radius 2 is 2.12 bits per heavy atom. The van der Waals surface area contributed by atoms with Crippen molar-refractivity contribution in [2.75, 3.05) is 12.3 Å². The number of benzene rings is 1. The highest BCUT2D eigenvalue weighted by Crippen LogP contribution is 2.35. The van der Waals surface area contributed by atoms with Crippen LogP contribution in [0, 0.1) is 0 Å². The maximum atomic E-state index is 13.4. The highest BCUT2D eigenvalue weighted by atomic mass is 19.1. The van der Waals surface area contributed by atoms with E-state index in [1.807, 2.05) is 12.1 Å². The van der Waals surface area contributed by atoms with Gasteiger partial charge in [0.25, 0.3) is 5.91 Å². The van der Waals surface area contributed by atoms with Crippen LogP contribution in [0.3, 0.4) is 0 Å². The first-order chi connectivity index (χ1) is 12.5. The molecule has 1 aromatic heterocycles. The Morgan fingerprint density at radius 1 is 1.35 bits per heavy atom. The molecule has 6 nitrogen and oxygen atoms in total. The standard InChI is InChI=1S/C19H24FN5O/c20-14-8-15(23-9-14)10-25-18(21)16(19(22)26)17(24-25)13-6-5-11-3-1-2-4-12(11)7-13/h1-4,13-15,23H,5-10,21H2,(H2,22,26)/t13-,14-,15+/m1/s1. The topological polar surface area (TPSA) is 99.0 Å². The number of hydrogen-bond donors (Lipinski definition) is 3. The number of aryl methyl sites for hydroxylation is 1. The predicted octanol–water partition coefficient (Wildman–Crippen LogP) is 1.54. The third kappa shape index (κ3) is 3.07. The molecular weight excluding hydrogens is 333 g/mol. The van der Waals surface area contributed by atoms with Gasteiger partial charge in [0.1, 0.15) is 17.6 Å². The average Bonchev–Trinajstić information content (AvgIpc) is 3.18. The summed E-state index contributed by atoms with van der Waals surface area (Å²) in [5.74, 6) is -0.151. The summed E-state index contributed by atoms with van der Waals surface area (Å²) in [5, 5.41) is 7.77. The van der Waals surface area contributed by atoms with E-state index in [0.29, 0.717) is 30.8 Å². The van der Waals surface area contributed by atoms with Gasteiger partial charge in [0, 0.05) is 18.5 Å². The molecule has 1 aliphatic heterocycles. The molecule has 0 saturated carbocycles. The molecule has 1 aliphatic carbocycles. The van der Waals surface area contributed by atoms with E-state index in [9.17, 15) is 9.18 Å². The van der Waals surface area contributed by atoms with E-state index >= 15 is 0 Å². The maximum Gasteiger partial charge on any atom is 0.254 e. The van der Waals surface area contributed by atoms with E-state index in [1.165, 1.54) is 11.1 Å². The number of aromatic nitrogens is 2. The summed E-state index contributed by atoms with van der Waals surface area (Å²) in [4.78, 5) is 12.0. The van der Waals surface area contributed by atoms with E-state index in [1.54, 1.807) is 4.68 Å². The molecule has 1 aromatic carbocycles. The molecule has 2 heterocycles. The molecular formula is C19H24FN5O. The van der Waals surface area contributed by atoms with Crippen LogP contribution in [0.5, 0.6) is 0 Å². The Labute approximate surface area is 151 Å². The number of anilines is 1. The number of hydrogen-bond acceptors (Lipinski definition) is 4. The number of halogens is 1. The average molecular weight is 357 g/mol. The van der Waals surface area contributed by atoms with Crippen molar-refractivity contribution in [2.24, 2.45) is 5.73 Å². The van der Waals surface area contributed by atoms with Crippen LogP contribution >= 0.6 is 0 Å². The summed E-state index contributed by atoms with van der Waals surface area (Å²) in [5.41, 5.74) is 15.4. The number of nitrogens with two attached hydrogens (primary N) is 2. The summed E-state index contributed by atoms with van der Waals surface area (Å²) in [6.45, 7) is 0.788. The summed E-state index contributed by atoms with van der Waals surface area (Å²) < 4.78 is 15.0. The van der Waals surface area contributed by atoms with Crippen molar-refractivity contribution in [3.05, 3.63) is 46.6 Å². The minimum absolute atomic E-state index is 0.0344. The number of nitrogens with zero attached hydrogens (tertiary/aromatic N) is 2. The van der Waals surface area contributed by atoms with E-state index < -0.39 is 12.1 Å². The number of primary amides is 1. The zero-order chi connectivity index (χ0) is 18.3. The van der Waals surface area contributed by atoms with Gasteiger partial charge >= 0.3 is 0 Å². The van der Waals surface area contributed by atoms with E-state index in [-0.39, 0.29) is 17.8 Å². The number of carbonyl (C=O) groups is 1. The van der Waals surface area contributed by atoms with Crippen LogP contribution in [0.1, 0.15) is 45.9 Å². The lowest BCUT2D eigenvalue weighted by Gasteiger charge is -2.23. The molecule has 2 aliphatic rings. The second-order valence-electron chi connectivity index (χ2n) is 7.34. The lowest BCUT2D eigenvalue weighted by atomic mass is 9.81. The van der Waals surface area contributed by atoms with Crippen molar-refractivity contribution in [1.29, 1.82) is 0 Å². The number of alkyl halides is 1. The van der Waals surface area contributed by atoms with Gasteiger partial charge in [0.15, 0.2) is 0 Å². The number of nitrogen functional groups attached to an aromatic ring is 1. The summed E-state index contributed by atoms with van der Waals surface area (Å²) >= 11 is 0. The van der Waals surface area contributed by atoms with Crippen molar-refractivity contribution in [3.8, 4) is 0 Å². The van der Waals surface area contributed by atoms with Gasteiger partial charge in [0.05, 0.1) is 12.2 Å². The zero-order valence-corrected chi connectivity index (χ0v) is 14.6. The molecule has 0 bridgehead atoms. The van der Waals surface area contributed by atoms with Crippen LogP contribution in [-0.2, 0) is 19.4 Å². The molecule has 1 amide bonds. The molecule has 3 atom stereocenters. The predicted molar refractivity (Wildman–Crippen MR) is 97.7 cm³/mol. The van der Waals surface area contributed by atoms with E-state index in [2.05, 4.69) is 22.5 Å². The summed E-state index contributed by atoms with van der Waals surface area (Å²) in [6, 6.07) is 8.31.